The summed E-state index contributed by atoms with van der Waals surface area (Å²) in [7, 11) is 0. The zero-order valence-corrected chi connectivity index (χ0v) is 20.6. The fraction of sp³-hybridized carbons (Fsp3) is 0.538. The van der Waals surface area contributed by atoms with Crippen LogP contribution in [0.2, 0.25) is 0 Å². The lowest BCUT2D eigenvalue weighted by Gasteiger charge is -2.34. The Kier molecular flexibility index (Phi) is 13.3. The molecule has 2 aliphatic heterocycles. The number of benzene rings is 2. The van der Waals surface area contributed by atoms with Crippen LogP contribution >= 0.6 is 0 Å². The maximum absolute atomic E-state index is 9.84. The summed E-state index contributed by atoms with van der Waals surface area (Å²) in [4.78, 5) is 7.20. The van der Waals surface area contributed by atoms with E-state index in [-0.39, 0.29) is 24.8 Å². The molecule has 0 unspecified atom stereocenters. The normalized spacial score (nSPS) is 24.7. The van der Waals surface area contributed by atoms with E-state index >= 15 is 0 Å². The second-order valence-corrected chi connectivity index (χ2v) is 8.91. The molecule has 0 bridgehead atoms. The first-order valence-corrected chi connectivity index (χ1v) is 12.3. The lowest BCUT2D eigenvalue weighted by Crippen LogP contribution is -2.50. The minimum atomic E-state index is -0.552. The first kappa shape index (κ1) is 28.7. The Hall–Kier alpha value is -2.49. The number of rotatable bonds is 5. The molecule has 0 spiro atoms. The van der Waals surface area contributed by atoms with Crippen LogP contribution in [-0.2, 0) is 13.1 Å². The highest BCUT2D eigenvalue weighted by Gasteiger charge is 2.26. The van der Waals surface area contributed by atoms with Crippen molar-refractivity contribution >= 4 is 0 Å². The molecule has 2 fully saturated rings. The molecule has 4 atom stereocenters. The van der Waals surface area contributed by atoms with E-state index in [9.17, 15) is 10.2 Å². The Balaban J connectivity index is 0.000000223. The van der Waals surface area contributed by atoms with Crippen molar-refractivity contribution in [3.63, 3.8) is 0 Å². The van der Waals surface area contributed by atoms with Gasteiger partial charge in [-0.05, 0) is 43.0 Å². The van der Waals surface area contributed by atoms with Crippen LogP contribution in [0.5, 0.6) is 0 Å². The second kappa shape index (κ2) is 16.2. The molecule has 4 rings (SSSR count). The van der Waals surface area contributed by atoms with Crippen LogP contribution in [0.25, 0.3) is 10.4 Å². The molecule has 2 saturated heterocycles. The van der Waals surface area contributed by atoms with Crippen LogP contribution in [0.15, 0.2) is 65.8 Å². The molecular formula is C26H40N6O3. The highest BCUT2D eigenvalue weighted by atomic mass is 16.3. The summed E-state index contributed by atoms with van der Waals surface area (Å²) in [5.41, 5.74) is 16.7. The SMILES string of the molecule is CCO.N[C@@H]1CCN(Cc2ccccc2)C[C@H]1O.[N-]=[N+]=N[C@@H]1CCN(Cc2ccccc2)C[C@H]1O. The molecule has 9 nitrogen and oxygen atoms in total. The van der Waals surface area contributed by atoms with Gasteiger partial charge in [0.25, 0.3) is 0 Å². The number of hydrogen-bond acceptors (Lipinski definition) is 7. The number of nitrogens with two attached hydrogens (primary N) is 1. The van der Waals surface area contributed by atoms with Crippen molar-refractivity contribution in [2.24, 2.45) is 10.8 Å². The predicted octanol–water partition coefficient (Wildman–Crippen LogP) is 2.51. The second-order valence-electron chi connectivity index (χ2n) is 8.91. The molecule has 2 heterocycles. The van der Waals surface area contributed by atoms with Crippen LogP contribution < -0.4 is 5.73 Å². The zero-order valence-electron chi connectivity index (χ0n) is 20.6. The van der Waals surface area contributed by atoms with Crippen LogP contribution in [-0.4, -0.2) is 82.2 Å². The highest BCUT2D eigenvalue weighted by molar-refractivity contribution is 5.15. The number of aliphatic hydroxyl groups is 3. The number of aliphatic hydroxyl groups excluding tert-OH is 3. The van der Waals surface area contributed by atoms with Gasteiger partial charge in [-0.25, -0.2) is 0 Å². The van der Waals surface area contributed by atoms with Gasteiger partial charge in [0.1, 0.15) is 0 Å². The third-order valence-electron chi connectivity index (χ3n) is 6.05. The Morgan fingerprint density at radius 3 is 1.77 bits per heavy atom. The van der Waals surface area contributed by atoms with E-state index < -0.39 is 6.10 Å². The van der Waals surface area contributed by atoms with E-state index in [2.05, 4.69) is 44.1 Å². The van der Waals surface area contributed by atoms with E-state index in [1.54, 1.807) is 6.92 Å². The molecule has 0 radical (unpaired) electrons. The van der Waals surface area contributed by atoms with Crippen LogP contribution in [0.4, 0.5) is 0 Å². The molecule has 0 aromatic heterocycles. The number of piperidine rings is 2. The largest absolute Gasteiger partial charge is 0.397 e. The maximum atomic E-state index is 9.84. The lowest BCUT2D eigenvalue weighted by atomic mass is 10.0. The van der Waals surface area contributed by atoms with E-state index in [0.29, 0.717) is 13.1 Å². The molecule has 2 aromatic carbocycles. The van der Waals surface area contributed by atoms with Crippen molar-refractivity contribution in [2.45, 2.75) is 57.1 Å². The van der Waals surface area contributed by atoms with Crippen molar-refractivity contribution in [1.82, 2.24) is 9.80 Å². The van der Waals surface area contributed by atoms with Gasteiger partial charge in [-0.3, -0.25) is 9.80 Å². The fourth-order valence-corrected chi connectivity index (χ4v) is 4.17. The van der Waals surface area contributed by atoms with E-state index in [1.165, 1.54) is 11.1 Å². The van der Waals surface area contributed by atoms with Gasteiger partial charge in [-0.15, -0.1) is 0 Å². The molecule has 35 heavy (non-hydrogen) atoms. The van der Waals surface area contributed by atoms with Crippen LogP contribution in [0, 0.1) is 0 Å². The molecule has 9 heteroatoms. The predicted molar refractivity (Wildman–Crippen MR) is 138 cm³/mol. The molecule has 0 saturated carbocycles. The third kappa shape index (κ3) is 10.8. The summed E-state index contributed by atoms with van der Waals surface area (Å²) in [5, 5.41) is 30.7. The average molecular weight is 485 g/mol. The van der Waals surface area contributed by atoms with Crippen LogP contribution in [0.1, 0.15) is 30.9 Å². The minimum Gasteiger partial charge on any atom is -0.397 e. The average Bonchev–Trinajstić information content (AvgIpc) is 2.86. The van der Waals surface area contributed by atoms with Crippen LogP contribution in [0.3, 0.4) is 0 Å². The molecule has 5 N–H and O–H groups in total. The zero-order chi connectivity index (χ0) is 25.5. The maximum Gasteiger partial charge on any atom is 0.0818 e. The van der Waals surface area contributed by atoms with Crippen molar-refractivity contribution in [3.8, 4) is 0 Å². The molecule has 2 aromatic rings. The van der Waals surface area contributed by atoms with Crippen molar-refractivity contribution in [2.75, 3.05) is 32.8 Å². The summed E-state index contributed by atoms with van der Waals surface area (Å²) in [6.07, 6.45) is 0.678. The van der Waals surface area contributed by atoms with E-state index in [1.807, 2.05) is 36.4 Å². The Labute approximate surface area is 208 Å². The van der Waals surface area contributed by atoms with E-state index in [4.69, 9.17) is 16.4 Å². The summed E-state index contributed by atoms with van der Waals surface area (Å²) in [6, 6.07) is 20.2. The van der Waals surface area contributed by atoms with Gasteiger partial charge in [0.05, 0.1) is 18.2 Å². The number of hydrogen-bond donors (Lipinski definition) is 4. The van der Waals surface area contributed by atoms with Gasteiger partial charge in [0, 0.05) is 50.3 Å². The Morgan fingerprint density at radius 1 is 0.886 bits per heavy atom. The number of likely N-dealkylation sites (tertiary alicyclic amines) is 2. The first-order chi connectivity index (χ1) is 17.0. The van der Waals surface area contributed by atoms with Crippen molar-refractivity contribution in [1.29, 1.82) is 0 Å². The minimum absolute atomic E-state index is 0.0444. The van der Waals surface area contributed by atoms with Crippen molar-refractivity contribution in [3.05, 3.63) is 82.2 Å². The lowest BCUT2D eigenvalue weighted by molar-refractivity contribution is 0.0499. The molecular weight excluding hydrogens is 444 g/mol. The molecule has 192 valence electrons. The summed E-state index contributed by atoms with van der Waals surface area (Å²) < 4.78 is 0. The summed E-state index contributed by atoms with van der Waals surface area (Å²) in [5.74, 6) is 0. The topological polar surface area (TPSA) is 142 Å². The Bertz CT molecular complexity index is 866. The smallest absolute Gasteiger partial charge is 0.0818 e. The van der Waals surface area contributed by atoms with Gasteiger partial charge >= 0.3 is 0 Å². The number of nitrogens with zero attached hydrogens (tertiary/aromatic N) is 5. The van der Waals surface area contributed by atoms with Gasteiger partial charge < -0.3 is 21.1 Å². The van der Waals surface area contributed by atoms with E-state index in [0.717, 1.165) is 39.0 Å². The summed E-state index contributed by atoms with van der Waals surface area (Å²) in [6.45, 7) is 6.77. The summed E-state index contributed by atoms with van der Waals surface area (Å²) >= 11 is 0. The fourth-order valence-electron chi connectivity index (χ4n) is 4.17. The molecule has 2 aliphatic rings. The monoisotopic (exact) mass is 484 g/mol. The molecule has 0 amide bonds. The highest BCUT2D eigenvalue weighted by Crippen LogP contribution is 2.17. The third-order valence-corrected chi connectivity index (χ3v) is 6.05. The number of β-amino-alcohol motifs (C(OH)–C–C–N with tert-alkyl or cyclic N) is 2. The first-order valence-electron chi connectivity index (χ1n) is 12.3. The van der Waals surface area contributed by atoms with Gasteiger partial charge in [-0.2, -0.15) is 0 Å². The van der Waals surface area contributed by atoms with Gasteiger partial charge in [0.2, 0.25) is 0 Å². The number of azide groups is 1. The van der Waals surface area contributed by atoms with Gasteiger partial charge in [-0.1, -0.05) is 65.8 Å². The van der Waals surface area contributed by atoms with Crippen molar-refractivity contribution < 1.29 is 15.3 Å². The standard InChI is InChI=1S/C12H16N4O.C12H18N2O.C2H6O/c13-15-14-11-6-7-16(9-12(11)17)8-10-4-2-1-3-5-10;13-11-6-7-14(9-12(11)15)8-10-4-2-1-3-5-10;1-2-3/h1-5,11-12,17H,6-9H2;1-5,11-12,15H,6-9,13H2;3H,2H2,1H3/t2*11-,12-;/m11./s1. The molecule has 0 aliphatic carbocycles. The van der Waals surface area contributed by atoms with Gasteiger partial charge in [0.15, 0.2) is 0 Å². The Morgan fingerprint density at radius 2 is 1.34 bits per heavy atom. The quantitative estimate of drug-likeness (QED) is 0.292.